The van der Waals surface area contributed by atoms with E-state index < -0.39 is 0 Å². The number of nitrogens with zero attached hydrogens (tertiary/aromatic N) is 1. The van der Waals surface area contributed by atoms with Crippen LogP contribution in [0.3, 0.4) is 0 Å². The van der Waals surface area contributed by atoms with Gasteiger partial charge in [-0.3, -0.25) is 9.59 Å². The minimum atomic E-state index is -0.290. The topological polar surface area (TPSA) is 72.3 Å². The molecule has 7 heteroatoms. The Labute approximate surface area is 182 Å². The van der Waals surface area contributed by atoms with Crippen LogP contribution in [0.1, 0.15) is 28.4 Å². The van der Waals surface area contributed by atoms with Crippen LogP contribution in [-0.2, 0) is 17.8 Å². The minimum Gasteiger partial charge on any atom is -0.493 e. The third-order valence-electron chi connectivity index (χ3n) is 5.86. The van der Waals surface area contributed by atoms with Crippen LogP contribution in [-0.4, -0.2) is 62.7 Å². The summed E-state index contributed by atoms with van der Waals surface area (Å²) in [4.78, 5) is 28.4. The Morgan fingerprint density at radius 3 is 2.77 bits per heavy atom. The molecule has 2 aliphatic rings. The largest absolute Gasteiger partial charge is 0.493 e. The van der Waals surface area contributed by atoms with Crippen LogP contribution in [0.15, 0.2) is 42.5 Å². The number of nitrogens with one attached hydrogen (secondary N) is 2. The number of benzene rings is 2. The van der Waals surface area contributed by atoms with E-state index in [1.807, 2.05) is 17.9 Å². The SMILES string of the molecule is CCOc1ccccc1C(=O)NCC(=O)N1CC[NH+](Cc2ccc3c(c2)CCO3)CC1. The van der Waals surface area contributed by atoms with E-state index in [4.69, 9.17) is 9.47 Å². The van der Waals surface area contributed by atoms with E-state index in [0.717, 1.165) is 38.4 Å². The maximum Gasteiger partial charge on any atom is 0.255 e. The van der Waals surface area contributed by atoms with E-state index in [1.165, 1.54) is 16.0 Å². The summed E-state index contributed by atoms with van der Waals surface area (Å²) in [5.41, 5.74) is 3.07. The summed E-state index contributed by atoms with van der Waals surface area (Å²) in [6, 6.07) is 13.5. The van der Waals surface area contributed by atoms with Crippen molar-refractivity contribution in [3.8, 4) is 11.5 Å². The second-order valence-corrected chi connectivity index (χ2v) is 7.96. The number of piperazine rings is 1. The molecule has 7 nitrogen and oxygen atoms in total. The molecule has 0 aromatic heterocycles. The van der Waals surface area contributed by atoms with Crippen LogP contribution in [0.4, 0.5) is 0 Å². The van der Waals surface area contributed by atoms with Gasteiger partial charge in [-0.1, -0.05) is 12.1 Å². The van der Waals surface area contributed by atoms with Crippen molar-refractivity contribution in [1.29, 1.82) is 0 Å². The van der Waals surface area contributed by atoms with Crippen molar-refractivity contribution in [3.63, 3.8) is 0 Å². The Kier molecular flexibility index (Phi) is 6.72. The molecular formula is C24H30N3O4+. The van der Waals surface area contributed by atoms with Crippen LogP contribution in [0.2, 0.25) is 0 Å². The highest BCUT2D eigenvalue weighted by Gasteiger charge is 2.25. The smallest absolute Gasteiger partial charge is 0.255 e. The molecule has 0 unspecified atom stereocenters. The molecule has 2 aliphatic heterocycles. The van der Waals surface area contributed by atoms with Gasteiger partial charge in [0.2, 0.25) is 5.91 Å². The van der Waals surface area contributed by atoms with Crippen LogP contribution < -0.4 is 19.7 Å². The first-order valence-electron chi connectivity index (χ1n) is 11.0. The normalized spacial score (nSPS) is 15.8. The first-order chi connectivity index (χ1) is 15.1. The lowest BCUT2D eigenvalue weighted by Gasteiger charge is -2.32. The second-order valence-electron chi connectivity index (χ2n) is 7.96. The predicted molar refractivity (Wildman–Crippen MR) is 117 cm³/mol. The Balaban J connectivity index is 1.23. The van der Waals surface area contributed by atoms with Gasteiger partial charge in [-0.05, 0) is 42.8 Å². The Hall–Kier alpha value is -3.06. The number of fused-ring (bicyclic) bond motifs is 1. The first-order valence-corrected chi connectivity index (χ1v) is 11.0. The van der Waals surface area contributed by atoms with Crippen LogP contribution >= 0.6 is 0 Å². The van der Waals surface area contributed by atoms with Crippen molar-refractivity contribution in [2.45, 2.75) is 19.9 Å². The number of carbonyl (C=O) groups excluding carboxylic acids is 2. The Morgan fingerprint density at radius 1 is 1.16 bits per heavy atom. The lowest BCUT2D eigenvalue weighted by molar-refractivity contribution is -0.917. The third-order valence-corrected chi connectivity index (χ3v) is 5.86. The highest BCUT2D eigenvalue weighted by molar-refractivity contribution is 5.98. The molecule has 0 atom stereocenters. The van der Waals surface area contributed by atoms with E-state index in [0.29, 0.717) is 31.0 Å². The number of ether oxygens (including phenoxy) is 2. The van der Waals surface area contributed by atoms with E-state index in [1.54, 1.807) is 18.2 Å². The van der Waals surface area contributed by atoms with Crippen LogP contribution in [0, 0.1) is 0 Å². The quantitative estimate of drug-likeness (QED) is 0.686. The average Bonchev–Trinajstić information content (AvgIpc) is 3.26. The zero-order chi connectivity index (χ0) is 21.6. The molecule has 2 heterocycles. The van der Waals surface area contributed by atoms with Gasteiger partial charge in [0.25, 0.3) is 5.91 Å². The maximum absolute atomic E-state index is 12.6. The molecule has 0 bridgehead atoms. The predicted octanol–water partition coefficient (Wildman–Crippen LogP) is 0.677. The number of quaternary nitrogens is 1. The van der Waals surface area contributed by atoms with Gasteiger partial charge in [-0.25, -0.2) is 0 Å². The lowest BCUT2D eigenvalue weighted by Crippen LogP contribution is -3.13. The van der Waals surface area contributed by atoms with Gasteiger partial charge in [-0.2, -0.15) is 0 Å². The van der Waals surface area contributed by atoms with Crippen LogP contribution in [0.25, 0.3) is 0 Å². The molecule has 0 spiro atoms. The average molecular weight is 425 g/mol. The van der Waals surface area contributed by atoms with E-state index in [-0.39, 0.29) is 18.4 Å². The third kappa shape index (κ3) is 5.17. The Morgan fingerprint density at radius 2 is 1.97 bits per heavy atom. The van der Waals surface area contributed by atoms with E-state index in [2.05, 4.69) is 23.5 Å². The molecule has 2 amide bonds. The molecule has 0 saturated carbocycles. The minimum absolute atomic E-state index is 0.000548. The second kappa shape index (κ2) is 9.83. The number of hydrogen-bond acceptors (Lipinski definition) is 4. The molecule has 2 aromatic carbocycles. The van der Waals surface area contributed by atoms with Gasteiger partial charge in [0.15, 0.2) is 0 Å². The van der Waals surface area contributed by atoms with Crippen molar-refractivity contribution in [3.05, 3.63) is 59.2 Å². The Bertz CT molecular complexity index is 938. The summed E-state index contributed by atoms with van der Waals surface area (Å²) in [6.45, 7) is 7.30. The van der Waals surface area contributed by atoms with Gasteiger partial charge in [-0.15, -0.1) is 0 Å². The number of rotatable bonds is 7. The van der Waals surface area contributed by atoms with Crippen molar-refractivity contribution >= 4 is 11.8 Å². The fraction of sp³-hybridized carbons (Fsp3) is 0.417. The summed E-state index contributed by atoms with van der Waals surface area (Å²) in [6.07, 6.45) is 0.988. The molecular weight excluding hydrogens is 394 g/mol. The van der Waals surface area contributed by atoms with Crippen molar-refractivity contribution in [2.24, 2.45) is 0 Å². The lowest BCUT2D eigenvalue weighted by atomic mass is 10.1. The van der Waals surface area contributed by atoms with Gasteiger partial charge >= 0.3 is 0 Å². The molecule has 0 aliphatic carbocycles. The van der Waals surface area contributed by atoms with Crippen LogP contribution in [0.5, 0.6) is 11.5 Å². The summed E-state index contributed by atoms with van der Waals surface area (Å²) in [5, 5.41) is 2.74. The molecule has 164 valence electrons. The molecule has 1 saturated heterocycles. The van der Waals surface area contributed by atoms with Gasteiger partial charge in [0.1, 0.15) is 18.0 Å². The van der Waals surface area contributed by atoms with Crippen molar-refractivity contribution in [2.75, 3.05) is 45.9 Å². The number of amides is 2. The van der Waals surface area contributed by atoms with Crippen molar-refractivity contribution in [1.82, 2.24) is 10.2 Å². The summed E-state index contributed by atoms with van der Waals surface area (Å²) in [5.74, 6) is 1.21. The first kappa shape index (κ1) is 21.2. The summed E-state index contributed by atoms with van der Waals surface area (Å²) >= 11 is 0. The van der Waals surface area contributed by atoms with Gasteiger partial charge < -0.3 is 24.6 Å². The standard InChI is InChI=1S/C24H29N3O4/c1-2-30-22-6-4-3-5-20(22)24(29)25-16-23(28)27-12-10-26(11-13-27)17-18-7-8-21-19(15-18)9-14-31-21/h3-8,15H,2,9-14,16-17H2,1H3,(H,25,29)/p+1. The molecule has 4 rings (SSSR count). The highest BCUT2D eigenvalue weighted by Crippen LogP contribution is 2.25. The fourth-order valence-electron chi connectivity index (χ4n) is 4.19. The van der Waals surface area contributed by atoms with Gasteiger partial charge in [0.05, 0.1) is 51.5 Å². The molecule has 2 aromatic rings. The van der Waals surface area contributed by atoms with Crippen molar-refractivity contribution < 1.29 is 24.0 Å². The molecule has 0 radical (unpaired) electrons. The summed E-state index contributed by atoms with van der Waals surface area (Å²) < 4.78 is 11.1. The monoisotopic (exact) mass is 424 g/mol. The maximum atomic E-state index is 12.6. The molecule has 2 N–H and O–H groups in total. The van der Waals surface area contributed by atoms with Gasteiger partial charge in [0, 0.05) is 12.0 Å². The zero-order valence-corrected chi connectivity index (χ0v) is 18.0. The number of carbonyl (C=O) groups is 2. The van der Waals surface area contributed by atoms with E-state index >= 15 is 0 Å². The molecule has 1 fully saturated rings. The fourth-order valence-corrected chi connectivity index (χ4v) is 4.19. The highest BCUT2D eigenvalue weighted by atomic mass is 16.5. The number of hydrogen-bond donors (Lipinski definition) is 2. The molecule has 31 heavy (non-hydrogen) atoms. The summed E-state index contributed by atoms with van der Waals surface area (Å²) in [7, 11) is 0. The zero-order valence-electron chi connectivity index (χ0n) is 18.0. The number of para-hydroxylation sites is 1. The van der Waals surface area contributed by atoms with E-state index in [9.17, 15) is 9.59 Å².